The number of hydrogen-bond donors (Lipinski definition) is 1. The van der Waals surface area contributed by atoms with Crippen molar-refractivity contribution in [2.45, 2.75) is 20.4 Å². The topological polar surface area (TPSA) is 78.7 Å². The fraction of sp³-hybridized carbons (Fsp3) is 0.350. The van der Waals surface area contributed by atoms with Crippen molar-refractivity contribution in [2.24, 2.45) is 0 Å². The number of aryl methyl sites for hydroxylation is 1. The minimum Gasteiger partial charge on any atom is -0.378 e. The summed E-state index contributed by atoms with van der Waals surface area (Å²) in [6.45, 7) is 5.22. The average molecular weight is 370 g/mol. The molecule has 0 atom stereocenters. The van der Waals surface area contributed by atoms with Crippen LogP contribution in [0.1, 0.15) is 18.1 Å². The molecule has 0 bridgehead atoms. The van der Waals surface area contributed by atoms with Crippen LogP contribution in [0.4, 0.5) is 17.1 Å². The van der Waals surface area contributed by atoms with Gasteiger partial charge in [-0.1, -0.05) is 31.2 Å². The van der Waals surface area contributed by atoms with E-state index in [1.165, 1.54) is 6.07 Å². The van der Waals surface area contributed by atoms with E-state index in [2.05, 4.69) is 5.32 Å². The summed E-state index contributed by atoms with van der Waals surface area (Å²) in [5.74, 6) is -0.265. The van der Waals surface area contributed by atoms with E-state index in [4.69, 9.17) is 0 Å². The van der Waals surface area contributed by atoms with Gasteiger partial charge in [0.05, 0.1) is 11.5 Å². The van der Waals surface area contributed by atoms with Gasteiger partial charge in [-0.25, -0.2) is 0 Å². The number of nitrogens with zero attached hydrogens (tertiary/aromatic N) is 3. The average Bonchev–Trinajstić information content (AvgIpc) is 2.63. The quantitative estimate of drug-likeness (QED) is 0.569. The normalized spacial score (nSPS) is 10.7. The van der Waals surface area contributed by atoms with Crippen LogP contribution in [0.3, 0.4) is 0 Å². The molecule has 2 aromatic carbocycles. The maximum Gasteiger partial charge on any atom is 0.293 e. The van der Waals surface area contributed by atoms with Gasteiger partial charge in [-0.3, -0.25) is 19.8 Å². The molecular formula is C20H26N4O3. The monoisotopic (exact) mass is 370 g/mol. The molecule has 1 amide bonds. The minimum atomic E-state index is -0.480. The number of anilines is 2. The number of para-hydroxylation sites is 1. The molecule has 0 aliphatic heterocycles. The summed E-state index contributed by atoms with van der Waals surface area (Å²) in [4.78, 5) is 27.2. The summed E-state index contributed by atoms with van der Waals surface area (Å²) in [5.41, 5.74) is 3.06. The lowest BCUT2D eigenvalue weighted by atomic mass is 10.1. The van der Waals surface area contributed by atoms with Crippen LogP contribution in [-0.4, -0.2) is 42.9 Å². The van der Waals surface area contributed by atoms with Crippen LogP contribution >= 0.6 is 0 Å². The van der Waals surface area contributed by atoms with Gasteiger partial charge < -0.3 is 10.2 Å². The van der Waals surface area contributed by atoms with Gasteiger partial charge >= 0.3 is 0 Å². The SMILES string of the molecule is CCN(CC(=O)Nc1c(C)cccc1[N+](=O)[O-])Cc1ccc(N(C)C)cc1. The summed E-state index contributed by atoms with van der Waals surface area (Å²) >= 11 is 0. The van der Waals surface area contributed by atoms with Crippen molar-refractivity contribution in [3.8, 4) is 0 Å². The van der Waals surface area contributed by atoms with Crippen molar-refractivity contribution < 1.29 is 9.72 Å². The van der Waals surface area contributed by atoms with Crippen molar-refractivity contribution in [1.29, 1.82) is 0 Å². The Morgan fingerprint density at radius 1 is 1.15 bits per heavy atom. The molecule has 0 radical (unpaired) electrons. The molecule has 2 rings (SSSR count). The Labute approximate surface area is 159 Å². The van der Waals surface area contributed by atoms with Crippen LogP contribution in [0, 0.1) is 17.0 Å². The summed E-state index contributed by atoms with van der Waals surface area (Å²) in [6, 6.07) is 12.9. The summed E-state index contributed by atoms with van der Waals surface area (Å²) in [6.07, 6.45) is 0. The highest BCUT2D eigenvalue weighted by molar-refractivity contribution is 5.95. The second kappa shape index (κ2) is 9.14. The Balaban J connectivity index is 2.04. The van der Waals surface area contributed by atoms with E-state index in [0.29, 0.717) is 18.7 Å². The van der Waals surface area contributed by atoms with E-state index >= 15 is 0 Å². The second-order valence-corrected chi connectivity index (χ2v) is 6.64. The molecule has 0 aliphatic rings. The molecule has 0 unspecified atom stereocenters. The zero-order chi connectivity index (χ0) is 20.0. The number of likely N-dealkylation sites (N-methyl/N-ethyl adjacent to an activating group) is 1. The van der Waals surface area contributed by atoms with Gasteiger partial charge in [-0.15, -0.1) is 0 Å². The summed E-state index contributed by atoms with van der Waals surface area (Å²) < 4.78 is 0. The van der Waals surface area contributed by atoms with Crippen molar-refractivity contribution >= 4 is 23.0 Å². The molecule has 0 saturated carbocycles. The van der Waals surface area contributed by atoms with E-state index in [1.54, 1.807) is 19.1 Å². The minimum absolute atomic E-state index is 0.0920. The lowest BCUT2D eigenvalue weighted by Gasteiger charge is -2.21. The van der Waals surface area contributed by atoms with Crippen LogP contribution in [0.2, 0.25) is 0 Å². The predicted octanol–water partition coefficient (Wildman–Crippen LogP) is 3.43. The molecule has 0 saturated heterocycles. The second-order valence-electron chi connectivity index (χ2n) is 6.64. The van der Waals surface area contributed by atoms with Gasteiger partial charge in [0.1, 0.15) is 5.69 Å². The van der Waals surface area contributed by atoms with E-state index in [0.717, 1.165) is 11.3 Å². The lowest BCUT2D eigenvalue weighted by molar-refractivity contribution is -0.384. The number of nitrogens with one attached hydrogen (secondary N) is 1. The number of hydrogen-bond acceptors (Lipinski definition) is 5. The molecule has 7 nitrogen and oxygen atoms in total. The molecule has 27 heavy (non-hydrogen) atoms. The standard InChI is InChI=1S/C20H26N4O3/c1-5-23(13-16-9-11-17(12-10-16)22(3)4)14-19(25)21-20-15(2)7-6-8-18(20)24(26)27/h6-12H,5,13-14H2,1-4H3,(H,21,25). The number of nitro benzene ring substituents is 1. The van der Waals surface area contributed by atoms with Crippen LogP contribution in [0.15, 0.2) is 42.5 Å². The van der Waals surface area contributed by atoms with Gasteiger partial charge in [0.15, 0.2) is 0 Å². The van der Waals surface area contributed by atoms with E-state index in [1.807, 2.05) is 55.1 Å². The molecule has 0 fully saturated rings. The fourth-order valence-electron chi connectivity index (χ4n) is 2.79. The highest BCUT2D eigenvalue weighted by Crippen LogP contribution is 2.27. The predicted molar refractivity (Wildman–Crippen MR) is 108 cm³/mol. The van der Waals surface area contributed by atoms with Crippen molar-refractivity contribution in [2.75, 3.05) is 37.4 Å². The number of carbonyl (C=O) groups is 1. The lowest BCUT2D eigenvalue weighted by Crippen LogP contribution is -2.33. The molecule has 0 aliphatic carbocycles. The first-order valence-corrected chi connectivity index (χ1v) is 8.84. The molecule has 1 N–H and O–H groups in total. The number of nitro groups is 1. The maximum atomic E-state index is 12.5. The van der Waals surface area contributed by atoms with Gasteiger partial charge in [0, 0.05) is 32.4 Å². The van der Waals surface area contributed by atoms with E-state index in [9.17, 15) is 14.9 Å². The van der Waals surface area contributed by atoms with Crippen LogP contribution in [0.25, 0.3) is 0 Å². The maximum absolute atomic E-state index is 12.5. The first kappa shape index (κ1) is 20.4. The van der Waals surface area contributed by atoms with E-state index < -0.39 is 4.92 Å². The van der Waals surface area contributed by atoms with Gasteiger partial charge in [-0.2, -0.15) is 0 Å². The summed E-state index contributed by atoms with van der Waals surface area (Å²) in [5, 5.41) is 13.9. The van der Waals surface area contributed by atoms with E-state index in [-0.39, 0.29) is 23.8 Å². The highest BCUT2D eigenvalue weighted by atomic mass is 16.6. The smallest absolute Gasteiger partial charge is 0.293 e. The zero-order valence-corrected chi connectivity index (χ0v) is 16.2. The largest absolute Gasteiger partial charge is 0.378 e. The highest BCUT2D eigenvalue weighted by Gasteiger charge is 2.19. The Kier molecular flexibility index (Phi) is 6.90. The molecule has 2 aromatic rings. The zero-order valence-electron chi connectivity index (χ0n) is 16.2. The van der Waals surface area contributed by atoms with Gasteiger partial charge in [-0.05, 0) is 36.7 Å². The van der Waals surface area contributed by atoms with Crippen molar-refractivity contribution in [1.82, 2.24) is 4.90 Å². The molecular weight excluding hydrogens is 344 g/mol. The number of carbonyl (C=O) groups excluding carboxylic acids is 1. The first-order valence-electron chi connectivity index (χ1n) is 8.84. The Morgan fingerprint density at radius 3 is 2.37 bits per heavy atom. The third-order valence-corrected chi connectivity index (χ3v) is 4.39. The molecule has 0 spiro atoms. The third-order valence-electron chi connectivity index (χ3n) is 4.39. The Hall–Kier alpha value is -2.93. The number of benzene rings is 2. The number of rotatable bonds is 8. The fourth-order valence-corrected chi connectivity index (χ4v) is 2.79. The molecule has 0 aromatic heterocycles. The molecule has 144 valence electrons. The van der Waals surface area contributed by atoms with Crippen LogP contribution < -0.4 is 10.2 Å². The summed E-state index contributed by atoms with van der Waals surface area (Å²) in [7, 11) is 3.98. The van der Waals surface area contributed by atoms with Crippen LogP contribution in [0.5, 0.6) is 0 Å². The molecule has 0 heterocycles. The Bertz CT molecular complexity index is 803. The third kappa shape index (κ3) is 5.52. The van der Waals surface area contributed by atoms with Gasteiger partial charge in [0.25, 0.3) is 5.69 Å². The Morgan fingerprint density at radius 2 is 1.81 bits per heavy atom. The molecule has 7 heteroatoms. The van der Waals surface area contributed by atoms with Gasteiger partial charge in [0.2, 0.25) is 5.91 Å². The van der Waals surface area contributed by atoms with Crippen LogP contribution in [-0.2, 0) is 11.3 Å². The van der Waals surface area contributed by atoms with Crippen molar-refractivity contribution in [3.05, 3.63) is 63.7 Å². The first-order chi connectivity index (χ1) is 12.8. The van der Waals surface area contributed by atoms with Crippen molar-refractivity contribution in [3.63, 3.8) is 0 Å². The number of amides is 1.